The van der Waals surface area contributed by atoms with Crippen molar-refractivity contribution in [2.45, 2.75) is 25.8 Å². The summed E-state index contributed by atoms with van der Waals surface area (Å²) in [6, 6.07) is 14.3. The third-order valence-electron chi connectivity index (χ3n) is 4.71. The molecule has 0 N–H and O–H groups in total. The zero-order valence-electron chi connectivity index (χ0n) is 16.3. The number of aromatic nitrogens is 1. The van der Waals surface area contributed by atoms with E-state index in [1.807, 2.05) is 49.4 Å². The molecule has 5 nitrogen and oxygen atoms in total. The van der Waals surface area contributed by atoms with Gasteiger partial charge in [-0.25, -0.2) is 4.99 Å². The summed E-state index contributed by atoms with van der Waals surface area (Å²) in [6.45, 7) is 2.64. The zero-order valence-corrected chi connectivity index (χ0v) is 17.2. The highest BCUT2D eigenvalue weighted by atomic mass is 32.1. The molecule has 0 atom stereocenters. The van der Waals surface area contributed by atoms with Crippen molar-refractivity contribution < 1.29 is 14.2 Å². The first-order valence-corrected chi connectivity index (χ1v) is 10.3. The zero-order chi connectivity index (χ0) is 19.5. The molecule has 146 valence electrons. The van der Waals surface area contributed by atoms with Crippen LogP contribution in [0.4, 0.5) is 5.69 Å². The predicted molar refractivity (Wildman–Crippen MR) is 112 cm³/mol. The van der Waals surface area contributed by atoms with E-state index in [-0.39, 0.29) is 0 Å². The highest BCUT2D eigenvalue weighted by Gasteiger charge is 2.28. The van der Waals surface area contributed by atoms with Gasteiger partial charge < -0.3 is 18.8 Å². The molecule has 1 aliphatic carbocycles. The van der Waals surface area contributed by atoms with Crippen LogP contribution in [0.15, 0.2) is 52.8 Å². The molecule has 0 radical (unpaired) electrons. The topological polar surface area (TPSA) is 45.0 Å². The highest BCUT2D eigenvalue weighted by molar-refractivity contribution is 7.07. The van der Waals surface area contributed by atoms with Crippen LogP contribution in [0.1, 0.15) is 25.8 Å². The van der Waals surface area contributed by atoms with Gasteiger partial charge in [0.1, 0.15) is 17.2 Å². The number of methoxy groups -OCH3 is 2. The smallest absolute Gasteiger partial charge is 0.190 e. The van der Waals surface area contributed by atoms with E-state index in [9.17, 15) is 0 Å². The Bertz CT molecular complexity index is 1020. The molecule has 1 aromatic heterocycles. The minimum Gasteiger partial charge on any atom is -0.497 e. The number of rotatable bonds is 7. The van der Waals surface area contributed by atoms with E-state index in [1.165, 1.54) is 12.8 Å². The van der Waals surface area contributed by atoms with Crippen LogP contribution in [-0.4, -0.2) is 25.4 Å². The second-order valence-electron chi connectivity index (χ2n) is 6.61. The average Bonchev–Trinajstić information content (AvgIpc) is 3.49. The van der Waals surface area contributed by atoms with Crippen LogP contribution in [0, 0.1) is 0 Å². The SMILES string of the molecule is CCOc1ccc(N=c2scc(-c3cc(OC)ccc3OC)n2C2CC2)cc1. The van der Waals surface area contributed by atoms with Crippen molar-refractivity contribution in [2.75, 3.05) is 20.8 Å². The van der Waals surface area contributed by atoms with E-state index in [4.69, 9.17) is 19.2 Å². The van der Waals surface area contributed by atoms with E-state index < -0.39 is 0 Å². The molecule has 0 spiro atoms. The average molecular weight is 397 g/mol. The Morgan fingerprint density at radius 3 is 2.43 bits per heavy atom. The Labute approximate surface area is 168 Å². The van der Waals surface area contributed by atoms with E-state index >= 15 is 0 Å². The molecule has 1 heterocycles. The van der Waals surface area contributed by atoms with Crippen LogP contribution >= 0.6 is 11.3 Å². The summed E-state index contributed by atoms with van der Waals surface area (Å²) in [7, 11) is 3.38. The molecule has 1 fully saturated rings. The van der Waals surface area contributed by atoms with E-state index in [0.717, 1.165) is 39.0 Å². The van der Waals surface area contributed by atoms with Gasteiger partial charge in [0.2, 0.25) is 0 Å². The molecule has 28 heavy (non-hydrogen) atoms. The lowest BCUT2D eigenvalue weighted by Crippen LogP contribution is -2.14. The van der Waals surface area contributed by atoms with Crippen LogP contribution in [0.3, 0.4) is 0 Å². The maximum Gasteiger partial charge on any atom is 0.190 e. The number of hydrogen-bond acceptors (Lipinski definition) is 5. The first kappa shape index (κ1) is 18.6. The molecule has 0 amide bonds. The maximum absolute atomic E-state index is 5.61. The van der Waals surface area contributed by atoms with Crippen molar-refractivity contribution in [3.63, 3.8) is 0 Å². The Morgan fingerprint density at radius 1 is 1.04 bits per heavy atom. The number of benzene rings is 2. The minimum absolute atomic E-state index is 0.485. The van der Waals surface area contributed by atoms with E-state index in [2.05, 4.69) is 9.95 Å². The van der Waals surface area contributed by atoms with Crippen LogP contribution in [0.25, 0.3) is 11.3 Å². The van der Waals surface area contributed by atoms with Gasteiger partial charge in [0.05, 0.1) is 32.2 Å². The lowest BCUT2D eigenvalue weighted by Gasteiger charge is -2.13. The molecule has 0 unspecified atom stereocenters. The molecule has 0 aliphatic heterocycles. The summed E-state index contributed by atoms with van der Waals surface area (Å²) in [5.74, 6) is 2.51. The number of nitrogens with zero attached hydrogens (tertiary/aromatic N) is 2. The van der Waals surface area contributed by atoms with Gasteiger partial charge in [0.25, 0.3) is 0 Å². The number of ether oxygens (including phenoxy) is 3. The largest absolute Gasteiger partial charge is 0.497 e. The summed E-state index contributed by atoms with van der Waals surface area (Å²) in [5.41, 5.74) is 3.06. The monoisotopic (exact) mass is 396 g/mol. The van der Waals surface area contributed by atoms with Crippen LogP contribution in [0.5, 0.6) is 17.2 Å². The fourth-order valence-electron chi connectivity index (χ4n) is 3.19. The predicted octanol–water partition coefficient (Wildman–Crippen LogP) is 5.20. The van der Waals surface area contributed by atoms with Crippen molar-refractivity contribution in [3.05, 3.63) is 52.6 Å². The summed E-state index contributed by atoms with van der Waals surface area (Å²) in [4.78, 5) is 5.89. The van der Waals surface area contributed by atoms with Crippen molar-refractivity contribution >= 4 is 17.0 Å². The standard InChI is InChI=1S/C22H24N2O3S/c1-4-27-17-9-5-15(6-10-17)23-22-24(16-7-8-16)20(14-28-22)19-13-18(25-2)11-12-21(19)26-3/h5-6,9-14,16H,4,7-8H2,1-3H3. The van der Waals surface area contributed by atoms with Gasteiger partial charge >= 0.3 is 0 Å². The Hall–Kier alpha value is -2.73. The molecule has 3 aromatic rings. The fraction of sp³-hybridized carbons (Fsp3) is 0.318. The minimum atomic E-state index is 0.485. The maximum atomic E-state index is 5.61. The third kappa shape index (κ3) is 3.78. The van der Waals surface area contributed by atoms with Crippen molar-refractivity contribution in [2.24, 2.45) is 4.99 Å². The summed E-state index contributed by atoms with van der Waals surface area (Å²) < 4.78 is 18.9. The Morgan fingerprint density at radius 2 is 1.79 bits per heavy atom. The molecule has 1 aliphatic rings. The number of thiazole rings is 1. The highest BCUT2D eigenvalue weighted by Crippen LogP contribution is 2.41. The molecule has 1 saturated carbocycles. The summed E-state index contributed by atoms with van der Waals surface area (Å²) in [5, 5.41) is 2.16. The van der Waals surface area contributed by atoms with Gasteiger partial charge in [-0.1, -0.05) is 0 Å². The summed E-state index contributed by atoms with van der Waals surface area (Å²) >= 11 is 1.65. The molecule has 4 rings (SSSR count). The van der Waals surface area contributed by atoms with Gasteiger partial charge in [-0.05, 0) is 62.2 Å². The normalized spacial score (nSPS) is 14.2. The van der Waals surface area contributed by atoms with Gasteiger partial charge in [-0.2, -0.15) is 0 Å². The van der Waals surface area contributed by atoms with E-state index in [1.54, 1.807) is 25.6 Å². The van der Waals surface area contributed by atoms with Gasteiger partial charge in [0.15, 0.2) is 4.80 Å². The van der Waals surface area contributed by atoms with Gasteiger partial charge in [-0.3, -0.25) is 0 Å². The van der Waals surface area contributed by atoms with Crippen LogP contribution in [0.2, 0.25) is 0 Å². The fourth-order valence-corrected chi connectivity index (χ4v) is 4.17. The lowest BCUT2D eigenvalue weighted by molar-refractivity contribution is 0.340. The second kappa shape index (κ2) is 8.10. The van der Waals surface area contributed by atoms with Crippen molar-refractivity contribution in [1.29, 1.82) is 0 Å². The molecule has 0 bridgehead atoms. The van der Waals surface area contributed by atoms with Gasteiger partial charge in [0, 0.05) is 17.0 Å². The number of hydrogen-bond donors (Lipinski definition) is 0. The molecule has 2 aromatic carbocycles. The first-order chi connectivity index (χ1) is 13.7. The first-order valence-electron chi connectivity index (χ1n) is 9.43. The van der Waals surface area contributed by atoms with E-state index in [0.29, 0.717) is 12.6 Å². The molecular weight excluding hydrogens is 372 g/mol. The summed E-state index contributed by atoms with van der Waals surface area (Å²) in [6.07, 6.45) is 2.35. The third-order valence-corrected chi connectivity index (χ3v) is 5.55. The lowest BCUT2D eigenvalue weighted by atomic mass is 10.1. The molecular formula is C22H24N2O3S. The van der Waals surface area contributed by atoms with Crippen molar-refractivity contribution in [3.8, 4) is 28.5 Å². The Kier molecular flexibility index (Phi) is 5.39. The molecule has 6 heteroatoms. The van der Waals surface area contributed by atoms with Crippen molar-refractivity contribution in [1.82, 2.24) is 4.57 Å². The Balaban J connectivity index is 1.79. The second-order valence-corrected chi connectivity index (χ2v) is 7.45. The van der Waals surface area contributed by atoms with Crippen LogP contribution < -0.4 is 19.0 Å². The quantitative estimate of drug-likeness (QED) is 0.551. The molecule has 0 saturated heterocycles. The van der Waals surface area contributed by atoms with Crippen LogP contribution in [-0.2, 0) is 0 Å². The van der Waals surface area contributed by atoms with Gasteiger partial charge in [-0.15, -0.1) is 11.3 Å².